The molecule has 0 bridgehead atoms. The van der Waals surface area contributed by atoms with Crippen LogP contribution in [-0.4, -0.2) is 16.2 Å². The summed E-state index contributed by atoms with van der Waals surface area (Å²) in [5, 5.41) is 10.2. The number of fused-ring (bicyclic) bond motifs is 5. The predicted molar refractivity (Wildman–Crippen MR) is 105 cm³/mol. The maximum Gasteiger partial charge on any atom is 0.0577 e. The minimum Gasteiger partial charge on any atom is -0.393 e. The normalized spacial score (nSPS) is 47.5. The predicted octanol–water partition coefficient (Wildman–Crippen LogP) is 5.40. The molecule has 2 saturated carbocycles. The number of hydrogen-bond acceptors (Lipinski definition) is 2. The summed E-state index contributed by atoms with van der Waals surface area (Å²) < 4.78 is 18.4. The summed E-state index contributed by atoms with van der Waals surface area (Å²) in [6.45, 7) is 4.58. The van der Waals surface area contributed by atoms with Crippen LogP contribution in [-0.2, 0) is 0 Å². The van der Waals surface area contributed by atoms with Crippen LogP contribution in [0.3, 0.4) is 0 Å². The smallest absolute Gasteiger partial charge is 0.0577 e. The van der Waals surface area contributed by atoms with E-state index >= 15 is 0 Å². The lowest BCUT2D eigenvalue weighted by atomic mass is 9.47. The number of rotatable bonds is 1. The van der Waals surface area contributed by atoms with Crippen LogP contribution in [0.2, 0.25) is 0 Å². The number of pyridine rings is 1. The summed E-state index contributed by atoms with van der Waals surface area (Å²) in [6, 6.07) is 4.11. The number of aromatic nitrogens is 1. The molecule has 0 aromatic carbocycles. The molecule has 138 valence electrons. The van der Waals surface area contributed by atoms with E-state index in [9.17, 15) is 7.85 Å². The van der Waals surface area contributed by atoms with Crippen LogP contribution in [0.15, 0.2) is 42.3 Å². The van der Waals surface area contributed by atoms with Crippen molar-refractivity contribution in [3.8, 4) is 0 Å². The Kier molecular flexibility index (Phi) is 3.26. The first-order valence-electron chi connectivity index (χ1n) is 11.2. The Labute approximate surface area is 160 Å². The average molecular weight is 352 g/mol. The molecule has 2 nitrogen and oxygen atoms in total. The van der Waals surface area contributed by atoms with Crippen molar-refractivity contribution in [3.63, 3.8) is 0 Å². The fraction of sp³-hybridized carbons (Fsp3) is 0.625. The second-order valence-electron chi connectivity index (χ2n) is 9.42. The minimum absolute atomic E-state index is 0.0484. The first-order valence-corrected chi connectivity index (χ1v) is 10.2. The first-order chi connectivity index (χ1) is 13.3. The Balaban J connectivity index is 1.56. The molecule has 2 heteroatoms. The second-order valence-corrected chi connectivity index (χ2v) is 9.42. The van der Waals surface area contributed by atoms with Gasteiger partial charge < -0.3 is 5.11 Å². The standard InChI is InChI=1S/C24H31NO/c1-23-11-9-18(26)14-17(23)5-6-19-21-8-7-20(16-4-3-13-25-15-16)24(21,2)12-10-22(19)23/h3-5,7,13,15,18-19,21-22,26H,6,8-12,14H2,1-2H3/t18-,19?,21?,22?,23-,24+/m0/s1/i10D2. The van der Waals surface area contributed by atoms with Crippen LogP contribution in [0.1, 0.15) is 67.1 Å². The zero-order valence-electron chi connectivity index (χ0n) is 17.9. The molecule has 4 aliphatic rings. The van der Waals surface area contributed by atoms with E-state index < -0.39 is 6.37 Å². The Morgan fingerprint density at radius 2 is 2.04 bits per heavy atom. The molecule has 0 amide bonds. The second kappa shape index (κ2) is 5.79. The van der Waals surface area contributed by atoms with Crippen molar-refractivity contribution in [3.05, 3.63) is 47.8 Å². The topological polar surface area (TPSA) is 33.1 Å². The van der Waals surface area contributed by atoms with Gasteiger partial charge >= 0.3 is 0 Å². The van der Waals surface area contributed by atoms with Crippen molar-refractivity contribution in [2.45, 2.75) is 64.8 Å². The molecule has 4 aliphatic carbocycles. The molecule has 1 N–H and O–H groups in total. The molecule has 6 atom stereocenters. The summed E-state index contributed by atoms with van der Waals surface area (Å²) in [5.41, 5.74) is 3.53. The SMILES string of the molecule is [2H]C1([2H])C[C@]2(C)C(c3cccnc3)=CCC2C2CC=C3C[C@@H](O)CC[C@]3(C)C21. The van der Waals surface area contributed by atoms with Crippen molar-refractivity contribution in [2.24, 2.45) is 28.6 Å². The van der Waals surface area contributed by atoms with Gasteiger partial charge in [0.1, 0.15) is 0 Å². The number of hydrogen-bond donors (Lipinski definition) is 1. The Hall–Kier alpha value is -1.41. The lowest BCUT2D eigenvalue weighted by Gasteiger charge is -2.57. The number of nitrogens with zero attached hydrogens (tertiary/aromatic N) is 1. The van der Waals surface area contributed by atoms with E-state index in [-0.39, 0.29) is 22.9 Å². The molecular formula is C24H31NO. The van der Waals surface area contributed by atoms with Gasteiger partial charge in [0, 0.05) is 15.1 Å². The fourth-order valence-corrected chi connectivity index (χ4v) is 6.65. The van der Waals surface area contributed by atoms with Crippen LogP contribution < -0.4 is 0 Å². The van der Waals surface area contributed by atoms with Gasteiger partial charge in [-0.1, -0.05) is 37.6 Å². The minimum atomic E-state index is -1.21. The highest BCUT2D eigenvalue weighted by Crippen LogP contribution is 2.66. The van der Waals surface area contributed by atoms with Crippen LogP contribution >= 0.6 is 0 Å². The quantitative estimate of drug-likeness (QED) is 0.687. The Morgan fingerprint density at radius 1 is 1.15 bits per heavy atom. The molecule has 2 fully saturated rings. The van der Waals surface area contributed by atoms with Crippen LogP contribution in [0, 0.1) is 28.6 Å². The number of aliphatic hydroxyl groups is 1. The van der Waals surface area contributed by atoms with Crippen molar-refractivity contribution >= 4 is 5.57 Å². The summed E-state index contributed by atoms with van der Waals surface area (Å²) in [4.78, 5) is 4.32. The van der Waals surface area contributed by atoms with Crippen molar-refractivity contribution < 1.29 is 7.85 Å². The fourth-order valence-electron chi connectivity index (χ4n) is 6.65. The lowest BCUT2D eigenvalue weighted by molar-refractivity contribution is -0.0238. The van der Waals surface area contributed by atoms with E-state index in [4.69, 9.17) is 0 Å². The van der Waals surface area contributed by atoms with Gasteiger partial charge in [0.15, 0.2) is 0 Å². The third-order valence-electron chi connectivity index (χ3n) is 8.13. The molecule has 1 heterocycles. The highest BCUT2D eigenvalue weighted by molar-refractivity contribution is 5.72. The lowest BCUT2D eigenvalue weighted by Crippen LogP contribution is -2.49. The molecule has 0 radical (unpaired) electrons. The third kappa shape index (κ3) is 2.24. The molecule has 3 unspecified atom stereocenters. The molecule has 5 rings (SSSR count). The number of allylic oxidation sites excluding steroid dienone is 3. The molecule has 1 aromatic heterocycles. The summed E-state index contributed by atoms with van der Waals surface area (Å²) in [5.74, 6) is 0.897. The van der Waals surface area contributed by atoms with E-state index in [1.165, 1.54) is 11.1 Å². The Morgan fingerprint density at radius 3 is 2.85 bits per heavy atom. The van der Waals surface area contributed by atoms with Crippen LogP contribution in [0.4, 0.5) is 0 Å². The monoisotopic (exact) mass is 351 g/mol. The van der Waals surface area contributed by atoms with Crippen LogP contribution in [0.5, 0.6) is 0 Å². The van der Waals surface area contributed by atoms with Crippen molar-refractivity contribution in [1.82, 2.24) is 4.98 Å². The van der Waals surface area contributed by atoms with Gasteiger partial charge in [-0.15, -0.1) is 0 Å². The third-order valence-corrected chi connectivity index (χ3v) is 8.13. The van der Waals surface area contributed by atoms with E-state index in [1.54, 1.807) is 6.20 Å². The largest absolute Gasteiger partial charge is 0.393 e. The van der Waals surface area contributed by atoms with Gasteiger partial charge in [0.2, 0.25) is 0 Å². The molecule has 0 aliphatic heterocycles. The number of aliphatic hydroxyl groups excluding tert-OH is 1. The van der Waals surface area contributed by atoms with Gasteiger partial charge in [0.05, 0.1) is 6.10 Å². The van der Waals surface area contributed by atoms with E-state index in [0.29, 0.717) is 18.3 Å². The van der Waals surface area contributed by atoms with Gasteiger partial charge in [-0.3, -0.25) is 4.98 Å². The highest BCUT2D eigenvalue weighted by Gasteiger charge is 2.56. The maximum absolute atomic E-state index is 10.2. The molecule has 0 saturated heterocycles. The summed E-state index contributed by atoms with van der Waals surface area (Å²) >= 11 is 0. The molecule has 1 aromatic rings. The van der Waals surface area contributed by atoms with Gasteiger partial charge in [-0.25, -0.2) is 0 Å². The Bertz CT molecular complexity index is 847. The van der Waals surface area contributed by atoms with Crippen molar-refractivity contribution in [1.29, 1.82) is 0 Å². The van der Waals surface area contributed by atoms with Crippen molar-refractivity contribution in [2.75, 3.05) is 0 Å². The zero-order valence-corrected chi connectivity index (χ0v) is 15.9. The van der Waals surface area contributed by atoms with E-state index in [2.05, 4.69) is 37.0 Å². The summed E-state index contributed by atoms with van der Waals surface area (Å²) in [7, 11) is 0. The van der Waals surface area contributed by atoms with E-state index in [0.717, 1.165) is 37.7 Å². The van der Waals surface area contributed by atoms with E-state index in [1.807, 2.05) is 12.3 Å². The van der Waals surface area contributed by atoms with Crippen LogP contribution in [0.25, 0.3) is 5.57 Å². The summed E-state index contributed by atoms with van der Waals surface area (Å²) in [6.07, 6.45) is 12.0. The van der Waals surface area contributed by atoms with Gasteiger partial charge in [-0.05, 0) is 90.7 Å². The zero-order chi connectivity index (χ0) is 19.7. The van der Waals surface area contributed by atoms with Gasteiger partial charge in [-0.2, -0.15) is 0 Å². The first kappa shape index (κ1) is 14.6. The highest BCUT2D eigenvalue weighted by atomic mass is 16.3. The molecule has 26 heavy (non-hydrogen) atoms. The molecule has 0 spiro atoms. The maximum atomic E-state index is 10.2. The molecular weight excluding hydrogens is 318 g/mol. The van der Waals surface area contributed by atoms with Gasteiger partial charge in [0.25, 0.3) is 0 Å². The average Bonchev–Trinajstić information content (AvgIpc) is 2.98.